The second kappa shape index (κ2) is 11.6. The number of carbonyl (C=O) groups excluding carboxylic acids is 2. The van der Waals surface area contributed by atoms with E-state index in [2.05, 4.69) is 12.2 Å². The molecule has 0 aliphatic carbocycles. The lowest BCUT2D eigenvalue weighted by molar-refractivity contribution is -0.124. The van der Waals surface area contributed by atoms with Gasteiger partial charge < -0.3 is 10.2 Å². The van der Waals surface area contributed by atoms with E-state index in [1.165, 1.54) is 11.3 Å². The van der Waals surface area contributed by atoms with Crippen molar-refractivity contribution in [2.75, 3.05) is 16.8 Å². The largest absolute Gasteiger partial charge is 0.336 e. The van der Waals surface area contributed by atoms with Gasteiger partial charge in [-0.15, -0.1) is 0 Å². The number of nitrogens with one attached hydrogen (secondary N) is 1. The number of unbranched alkanes of at least 4 members (excludes halogenated alkanes) is 4. The molecular weight excluding hydrogens is 465 g/mol. The van der Waals surface area contributed by atoms with Gasteiger partial charge in [-0.2, -0.15) is 0 Å². The van der Waals surface area contributed by atoms with Gasteiger partial charge in [0, 0.05) is 22.3 Å². The molecule has 0 saturated carbocycles. The smallest absolute Gasteiger partial charge is 0.256 e. The highest BCUT2D eigenvalue weighted by Crippen LogP contribution is 2.29. The molecule has 32 heavy (non-hydrogen) atoms. The van der Waals surface area contributed by atoms with Crippen molar-refractivity contribution in [2.24, 2.45) is 0 Å². The van der Waals surface area contributed by atoms with E-state index in [9.17, 15) is 9.59 Å². The SMILES string of the molecule is CCCCCCCN1C(=S)N(c2cccc(Cl)c2)C(=O)C1CC(=O)Nc1ccc(Cl)cc1. The average molecular weight is 492 g/mol. The summed E-state index contributed by atoms with van der Waals surface area (Å²) < 4.78 is 0. The van der Waals surface area contributed by atoms with Gasteiger partial charge in [0.1, 0.15) is 6.04 Å². The summed E-state index contributed by atoms with van der Waals surface area (Å²) >= 11 is 17.7. The molecule has 2 aromatic carbocycles. The molecule has 1 unspecified atom stereocenters. The minimum absolute atomic E-state index is 0.00756. The molecule has 0 bridgehead atoms. The van der Waals surface area contributed by atoms with Gasteiger partial charge in [0.25, 0.3) is 5.91 Å². The van der Waals surface area contributed by atoms with Crippen LogP contribution in [0.25, 0.3) is 0 Å². The van der Waals surface area contributed by atoms with Gasteiger partial charge in [-0.25, -0.2) is 0 Å². The summed E-state index contributed by atoms with van der Waals surface area (Å²) in [4.78, 5) is 29.5. The summed E-state index contributed by atoms with van der Waals surface area (Å²) in [6.45, 7) is 2.80. The zero-order valence-corrected chi connectivity index (χ0v) is 20.3. The lowest BCUT2D eigenvalue weighted by atomic mass is 10.1. The number of nitrogens with zero attached hydrogens (tertiary/aromatic N) is 2. The monoisotopic (exact) mass is 491 g/mol. The average Bonchev–Trinajstić information content (AvgIpc) is 2.99. The van der Waals surface area contributed by atoms with E-state index in [1.807, 2.05) is 4.90 Å². The summed E-state index contributed by atoms with van der Waals surface area (Å²) in [5.74, 6) is -0.463. The van der Waals surface area contributed by atoms with Crippen molar-refractivity contribution in [2.45, 2.75) is 51.5 Å². The number of amides is 2. The Hall–Kier alpha value is -2.15. The van der Waals surface area contributed by atoms with E-state index in [-0.39, 0.29) is 18.2 Å². The highest BCUT2D eigenvalue weighted by atomic mass is 35.5. The molecule has 5 nitrogen and oxygen atoms in total. The maximum Gasteiger partial charge on any atom is 0.256 e. The Morgan fingerprint density at radius 3 is 2.44 bits per heavy atom. The van der Waals surface area contributed by atoms with Gasteiger partial charge in [0.2, 0.25) is 5.91 Å². The molecule has 2 amide bonds. The van der Waals surface area contributed by atoms with E-state index in [1.54, 1.807) is 48.5 Å². The number of benzene rings is 2. The molecule has 2 aromatic rings. The zero-order chi connectivity index (χ0) is 23.1. The Kier molecular flexibility index (Phi) is 8.91. The maximum atomic E-state index is 13.4. The first-order valence-electron chi connectivity index (χ1n) is 10.9. The molecule has 1 N–H and O–H groups in total. The predicted molar refractivity (Wildman–Crippen MR) is 135 cm³/mol. The Balaban J connectivity index is 1.75. The number of hydrogen-bond donors (Lipinski definition) is 1. The van der Waals surface area contributed by atoms with Crippen molar-refractivity contribution in [1.29, 1.82) is 0 Å². The minimum atomic E-state index is -0.653. The number of carbonyl (C=O) groups is 2. The molecular formula is C24H27Cl2N3O2S. The van der Waals surface area contributed by atoms with Gasteiger partial charge in [-0.1, -0.05) is 61.9 Å². The summed E-state index contributed by atoms with van der Waals surface area (Å²) in [6.07, 6.45) is 5.47. The first kappa shape index (κ1) is 24.5. The first-order valence-corrected chi connectivity index (χ1v) is 12.0. The fraction of sp³-hybridized carbons (Fsp3) is 0.375. The quantitative estimate of drug-likeness (QED) is 0.313. The highest BCUT2D eigenvalue weighted by Gasteiger charge is 2.43. The molecule has 1 aliphatic heterocycles. The van der Waals surface area contributed by atoms with Crippen LogP contribution in [0.4, 0.5) is 11.4 Å². The number of halogens is 2. The van der Waals surface area contributed by atoms with Gasteiger partial charge in [0.05, 0.1) is 12.1 Å². The fourth-order valence-electron chi connectivity index (χ4n) is 3.75. The van der Waals surface area contributed by atoms with Crippen LogP contribution in [0.2, 0.25) is 10.0 Å². The van der Waals surface area contributed by atoms with Crippen molar-refractivity contribution >= 4 is 63.7 Å². The standard InChI is InChI=1S/C24H27Cl2N3O2S/c1-2-3-4-5-6-14-28-21(16-22(30)27-19-12-10-17(25)11-13-19)23(31)29(24(28)32)20-9-7-8-18(26)15-20/h7-13,15,21H,2-6,14,16H2,1H3,(H,27,30). The first-order chi connectivity index (χ1) is 15.4. The van der Waals surface area contributed by atoms with Crippen molar-refractivity contribution in [1.82, 2.24) is 4.90 Å². The Bertz CT molecular complexity index is 968. The van der Waals surface area contributed by atoms with Crippen LogP contribution in [0.3, 0.4) is 0 Å². The number of thiocarbonyl (C=S) groups is 1. The predicted octanol–water partition coefficient (Wildman–Crippen LogP) is 6.29. The molecule has 0 aromatic heterocycles. The fourth-order valence-corrected chi connectivity index (χ4v) is 4.47. The molecule has 0 spiro atoms. The molecule has 170 valence electrons. The van der Waals surface area contributed by atoms with Crippen LogP contribution in [-0.2, 0) is 9.59 Å². The van der Waals surface area contributed by atoms with Crippen LogP contribution < -0.4 is 10.2 Å². The molecule has 1 atom stereocenters. The van der Waals surface area contributed by atoms with Crippen LogP contribution in [0.1, 0.15) is 45.4 Å². The van der Waals surface area contributed by atoms with Gasteiger partial charge in [0.15, 0.2) is 5.11 Å². The van der Waals surface area contributed by atoms with E-state index in [0.717, 1.165) is 25.7 Å². The van der Waals surface area contributed by atoms with Crippen molar-refractivity contribution < 1.29 is 9.59 Å². The Morgan fingerprint density at radius 2 is 1.75 bits per heavy atom. The van der Waals surface area contributed by atoms with Crippen molar-refractivity contribution in [3.05, 3.63) is 58.6 Å². The van der Waals surface area contributed by atoms with Gasteiger partial charge >= 0.3 is 0 Å². The topological polar surface area (TPSA) is 52.7 Å². The summed E-state index contributed by atoms with van der Waals surface area (Å²) in [5.41, 5.74) is 1.24. The van der Waals surface area contributed by atoms with Crippen LogP contribution in [-0.4, -0.2) is 34.4 Å². The lowest BCUT2D eigenvalue weighted by Gasteiger charge is -2.24. The van der Waals surface area contributed by atoms with E-state index >= 15 is 0 Å². The van der Waals surface area contributed by atoms with Crippen LogP contribution in [0.5, 0.6) is 0 Å². The molecule has 1 aliphatic rings. The number of hydrogen-bond acceptors (Lipinski definition) is 3. The molecule has 0 radical (unpaired) electrons. The van der Waals surface area contributed by atoms with Gasteiger partial charge in [-0.05, 0) is 61.1 Å². The Morgan fingerprint density at radius 1 is 1.03 bits per heavy atom. The number of anilines is 2. The highest BCUT2D eigenvalue weighted by molar-refractivity contribution is 7.80. The third-order valence-electron chi connectivity index (χ3n) is 5.39. The summed E-state index contributed by atoms with van der Waals surface area (Å²) in [6, 6.07) is 13.2. The van der Waals surface area contributed by atoms with E-state index in [0.29, 0.717) is 33.1 Å². The van der Waals surface area contributed by atoms with Gasteiger partial charge in [-0.3, -0.25) is 14.5 Å². The minimum Gasteiger partial charge on any atom is -0.336 e. The second-order valence-corrected chi connectivity index (χ2v) is 9.06. The van der Waals surface area contributed by atoms with E-state index in [4.69, 9.17) is 35.4 Å². The summed E-state index contributed by atoms with van der Waals surface area (Å²) in [7, 11) is 0. The van der Waals surface area contributed by atoms with Crippen LogP contribution >= 0.6 is 35.4 Å². The normalized spacial score (nSPS) is 16.0. The molecule has 1 fully saturated rings. The third-order valence-corrected chi connectivity index (χ3v) is 6.30. The zero-order valence-electron chi connectivity index (χ0n) is 18.0. The molecule has 1 saturated heterocycles. The second-order valence-electron chi connectivity index (χ2n) is 7.82. The van der Waals surface area contributed by atoms with Crippen molar-refractivity contribution in [3.63, 3.8) is 0 Å². The van der Waals surface area contributed by atoms with E-state index < -0.39 is 6.04 Å². The van der Waals surface area contributed by atoms with Crippen LogP contribution in [0.15, 0.2) is 48.5 Å². The summed E-state index contributed by atoms with van der Waals surface area (Å²) in [5, 5.41) is 4.36. The lowest BCUT2D eigenvalue weighted by Crippen LogP contribution is -2.38. The van der Waals surface area contributed by atoms with Crippen molar-refractivity contribution in [3.8, 4) is 0 Å². The maximum absolute atomic E-state index is 13.4. The Labute approximate surface area is 204 Å². The molecule has 3 rings (SSSR count). The number of rotatable bonds is 10. The molecule has 1 heterocycles. The van der Waals surface area contributed by atoms with Crippen LogP contribution in [0, 0.1) is 0 Å². The third kappa shape index (κ3) is 6.21. The molecule has 8 heteroatoms.